The Kier molecular flexibility index (Phi) is 5.16. The summed E-state index contributed by atoms with van der Waals surface area (Å²) >= 11 is 0. The van der Waals surface area contributed by atoms with Crippen molar-refractivity contribution in [1.29, 1.82) is 0 Å². The molecule has 0 amide bonds. The lowest BCUT2D eigenvalue weighted by molar-refractivity contribution is 0.0491. The van der Waals surface area contributed by atoms with Gasteiger partial charge in [-0.15, -0.1) is 0 Å². The number of ether oxygens (including phenoxy) is 2. The van der Waals surface area contributed by atoms with Crippen molar-refractivity contribution in [3.63, 3.8) is 0 Å². The first-order valence-electron chi connectivity index (χ1n) is 8.71. The highest BCUT2D eigenvalue weighted by atomic mass is 16.5. The number of esters is 1. The van der Waals surface area contributed by atoms with Crippen LogP contribution in [0.25, 0.3) is 22.1 Å². The van der Waals surface area contributed by atoms with Gasteiger partial charge in [-0.25, -0.2) is 4.79 Å². The lowest BCUT2D eigenvalue weighted by Crippen LogP contribution is -2.04. The predicted molar refractivity (Wildman–Crippen MR) is 99.8 cm³/mol. The average Bonchev–Trinajstić information content (AvgIpc) is 2.98. The third-order valence-electron chi connectivity index (χ3n) is 4.13. The molecule has 3 aromatic rings. The van der Waals surface area contributed by atoms with Crippen molar-refractivity contribution in [2.24, 2.45) is 0 Å². The molecule has 0 fully saturated rings. The Morgan fingerprint density at radius 1 is 1.12 bits per heavy atom. The third-order valence-corrected chi connectivity index (χ3v) is 4.13. The second-order valence-electron chi connectivity index (χ2n) is 6.02. The maximum absolute atomic E-state index is 12.0. The molecule has 1 aromatic heterocycles. The van der Waals surface area contributed by atoms with Crippen LogP contribution in [0.15, 0.2) is 40.8 Å². The largest absolute Gasteiger partial charge is 0.507 e. The highest BCUT2D eigenvalue weighted by Gasteiger charge is 2.21. The van der Waals surface area contributed by atoms with E-state index < -0.39 is 5.97 Å². The fourth-order valence-electron chi connectivity index (χ4n) is 2.88. The maximum Gasteiger partial charge on any atom is 0.374 e. The van der Waals surface area contributed by atoms with E-state index in [1.807, 2.05) is 30.3 Å². The molecule has 0 radical (unpaired) electrons. The molecule has 136 valence electrons. The van der Waals surface area contributed by atoms with Crippen LogP contribution in [0.3, 0.4) is 0 Å². The van der Waals surface area contributed by atoms with Crippen LogP contribution < -0.4 is 4.74 Å². The molecule has 0 saturated heterocycles. The van der Waals surface area contributed by atoms with E-state index in [-0.39, 0.29) is 18.1 Å². The summed E-state index contributed by atoms with van der Waals surface area (Å²) in [5.41, 5.74) is 2.73. The fraction of sp³-hybridized carbons (Fsp3) is 0.286. The number of benzene rings is 2. The van der Waals surface area contributed by atoms with Gasteiger partial charge in [-0.1, -0.05) is 19.1 Å². The standard InChI is InChI=1S/C21H22O5/c1-4-10-25-16-8-6-14(7-9-16)15-11-17(22)19-13(3)20(21(23)24-5-2)26-18(19)12-15/h6-9,11-12,22H,4-5,10H2,1-3H3. The molecule has 0 bridgehead atoms. The minimum Gasteiger partial charge on any atom is -0.507 e. The fourth-order valence-corrected chi connectivity index (χ4v) is 2.88. The minimum absolute atomic E-state index is 0.0700. The van der Waals surface area contributed by atoms with Gasteiger partial charge < -0.3 is 19.0 Å². The monoisotopic (exact) mass is 354 g/mol. The van der Waals surface area contributed by atoms with Crippen LogP contribution in [0.1, 0.15) is 36.4 Å². The Morgan fingerprint density at radius 3 is 2.50 bits per heavy atom. The van der Waals surface area contributed by atoms with Gasteiger partial charge in [0.05, 0.1) is 18.6 Å². The zero-order valence-corrected chi connectivity index (χ0v) is 15.2. The number of furan rings is 1. The van der Waals surface area contributed by atoms with Crippen LogP contribution in [0.2, 0.25) is 0 Å². The maximum atomic E-state index is 12.0. The van der Waals surface area contributed by atoms with Crippen molar-refractivity contribution in [3.8, 4) is 22.6 Å². The third kappa shape index (κ3) is 3.38. The molecule has 2 aromatic carbocycles. The van der Waals surface area contributed by atoms with Gasteiger partial charge in [0.2, 0.25) is 5.76 Å². The number of hydrogen-bond acceptors (Lipinski definition) is 5. The molecule has 0 aliphatic heterocycles. The van der Waals surface area contributed by atoms with Gasteiger partial charge in [0.15, 0.2) is 0 Å². The second kappa shape index (κ2) is 7.52. The predicted octanol–water partition coefficient (Wildman–Crippen LogP) is 5.08. The molecule has 26 heavy (non-hydrogen) atoms. The van der Waals surface area contributed by atoms with Crippen LogP contribution in [-0.2, 0) is 4.74 Å². The van der Waals surface area contributed by atoms with E-state index in [9.17, 15) is 9.90 Å². The number of carbonyl (C=O) groups excluding carboxylic acids is 1. The molecule has 0 unspecified atom stereocenters. The summed E-state index contributed by atoms with van der Waals surface area (Å²) in [4.78, 5) is 12.0. The van der Waals surface area contributed by atoms with Crippen LogP contribution >= 0.6 is 0 Å². The van der Waals surface area contributed by atoms with E-state index in [0.717, 1.165) is 23.3 Å². The molecular weight excluding hydrogens is 332 g/mol. The van der Waals surface area contributed by atoms with Crippen molar-refractivity contribution in [2.45, 2.75) is 27.2 Å². The number of fused-ring (bicyclic) bond motifs is 1. The smallest absolute Gasteiger partial charge is 0.374 e. The van der Waals surface area contributed by atoms with Crippen molar-refractivity contribution >= 4 is 16.9 Å². The van der Waals surface area contributed by atoms with Gasteiger partial charge >= 0.3 is 5.97 Å². The summed E-state index contributed by atoms with van der Waals surface area (Å²) in [6, 6.07) is 11.1. The highest BCUT2D eigenvalue weighted by molar-refractivity contribution is 5.99. The molecule has 1 N–H and O–H groups in total. The van der Waals surface area contributed by atoms with E-state index >= 15 is 0 Å². The molecule has 5 heteroatoms. The number of phenols is 1. The van der Waals surface area contributed by atoms with Gasteiger partial charge in [-0.3, -0.25) is 0 Å². The van der Waals surface area contributed by atoms with Crippen LogP contribution in [0, 0.1) is 6.92 Å². The second-order valence-corrected chi connectivity index (χ2v) is 6.02. The number of carbonyl (C=O) groups is 1. The topological polar surface area (TPSA) is 68.9 Å². The van der Waals surface area contributed by atoms with Gasteiger partial charge in [0.25, 0.3) is 0 Å². The SMILES string of the molecule is CCCOc1ccc(-c2cc(O)c3c(C)c(C(=O)OCC)oc3c2)cc1. The summed E-state index contributed by atoms with van der Waals surface area (Å²) in [6.45, 7) is 6.46. The Bertz CT molecular complexity index is 922. The Balaban J connectivity index is 1.99. The number of rotatable bonds is 6. The van der Waals surface area contributed by atoms with Gasteiger partial charge in [-0.2, -0.15) is 0 Å². The quantitative estimate of drug-likeness (QED) is 0.625. The van der Waals surface area contributed by atoms with Gasteiger partial charge in [-0.05, 0) is 55.7 Å². The molecular formula is C21H22O5. The number of aromatic hydroxyl groups is 1. The molecule has 3 rings (SSSR count). The summed E-state index contributed by atoms with van der Waals surface area (Å²) < 4.78 is 16.3. The summed E-state index contributed by atoms with van der Waals surface area (Å²) in [5.74, 6) is 0.470. The minimum atomic E-state index is -0.528. The Morgan fingerprint density at radius 2 is 1.85 bits per heavy atom. The molecule has 0 aliphatic carbocycles. The first-order valence-corrected chi connectivity index (χ1v) is 8.71. The zero-order chi connectivity index (χ0) is 18.7. The van der Waals surface area contributed by atoms with E-state index in [2.05, 4.69) is 6.92 Å². The number of hydrogen-bond donors (Lipinski definition) is 1. The Hall–Kier alpha value is -2.95. The lowest BCUT2D eigenvalue weighted by atomic mass is 10.0. The normalized spacial score (nSPS) is 10.9. The number of phenolic OH excluding ortho intramolecular Hbond substituents is 1. The molecule has 5 nitrogen and oxygen atoms in total. The first-order chi connectivity index (χ1) is 12.5. The zero-order valence-electron chi connectivity index (χ0n) is 15.2. The van der Waals surface area contributed by atoms with E-state index in [0.29, 0.717) is 23.1 Å². The number of aryl methyl sites for hydroxylation is 1. The molecule has 0 atom stereocenters. The summed E-state index contributed by atoms with van der Waals surface area (Å²) in [5, 5.41) is 11.0. The van der Waals surface area contributed by atoms with Crippen molar-refractivity contribution < 1.29 is 23.8 Å². The van der Waals surface area contributed by atoms with Gasteiger partial charge in [0.1, 0.15) is 17.1 Å². The van der Waals surface area contributed by atoms with Gasteiger partial charge in [0, 0.05) is 5.56 Å². The van der Waals surface area contributed by atoms with Crippen molar-refractivity contribution in [2.75, 3.05) is 13.2 Å². The van der Waals surface area contributed by atoms with Crippen LogP contribution in [0.5, 0.6) is 11.5 Å². The van der Waals surface area contributed by atoms with E-state index in [1.54, 1.807) is 19.9 Å². The van der Waals surface area contributed by atoms with E-state index in [4.69, 9.17) is 13.9 Å². The molecule has 0 spiro atoms. The van der Waals surface area contributed by atoms with Crippen molar-refractivity contribution in [1.82, 2.24) is 0 Å². The first kappa shape index (κ1) is 17.9. The van der Waals surface area contributed by atoms with Crippen molar-refractivity contribution in [3.05, 3.63) is 47.7 Å². The van der Waals surface area contributed by atoms with Crippen LogP contribution in [-0.4, -0.2) is 24.3 Å². The lowest BCUT2D eigenvalue weighted by Gasteiger charge is -2.07. The van der Waals surface area contributed by atoms with E-state index in [1.165, 1.54) is 0 Å². The average molecular weight is 354 g/mol. The summed E-state index contributed by atoms with van der Waals surface area (Å²) in [7, 11) is 0. The van der Waals surface area contributed by atoms with Crippen LogP contribution in [0.4, 0.5) is 0 Å². The summed E-state index contributed by atoms with van der Waals surface area (Å²) in [6.07, 6.45) is 0.951. The molecule has 1 heterocycles. The Labute approximate surface area is 152 Å². The molecule has 0 aliphatic rings. The highest BCUT2D eigenvalue weighted by Crippen LogP contribution is 2.37. The molecule has 0 saturated carbocycles.